The lowest BCUT2D eigenvalue weighted by molar-refractivity contribution is -0.133. The molecule has 0 saturated carbocycles. The molecule has 3 aliphatic heterocycles. The molecular weight excluding hydrogens is 475 g/mol. The van der Waals surface area contributed by atoms with E-state index in [-0.39, 0.29) is 5.91 Å². The Balaban J connectivity index is 1.16. The van der Waals surface area contributed by atoms with Crippen molar-refractivity contribution in [3.8, 4) is 11.4 Å². The molecule has 2 atom stereocenters. The minimum Gasteiger partial charge on any atom is -0.343 e. The number of amides is 1. The number of hydrogen-bond donors (Lipinski definition) is 0. The van der Waals surface area contributed by atoms with E-state index in [1.54, 1.807) is 6.92 Å². The first-order valence-corrected chi connectivity index (χ1v) is 14.3. The van der Waals surface area contributed by atoms with Gasteiger partial charge in [0.15, 0.2) is 0 Å². The zero-order chi connectivity index (χ0) is 26.3. The van der Waals surface area contributed by atoms with E-state index in [1.807, 2.05) is 6.20 Å². The predicted molar refractivity (Wildman–Crippen MR) is 149 cm³/mol. The van der Waals surface area contributed by atoms with Gasteiger partial charge in [0.25, 0.3) is 0 Å². The second-order valence-corrected chi connectivity index (χ2v) is 12.0. The van der Waals surface area contributed by atoms with Gasteiger partial charge in [0.2, 0.25) is 5.91 Å². The van der Waals surface area contributed by atoms with Crippen molar-refractivity contribution in [1.82, 2.24) is 19.4 Å². The van der Waals surface area contributed by atoms with E-state index in [2.05, 4.69) is 76.0 Å². The molecule has 1 aromatic heterocycles. The Labute approximate surface area is 225 Å². The molecule has 1 amide bonds. The molecule has 5 nitrogen and oxygen atoms in total. The van der Waals surface area contributed by atoms with E-state index in [0.29, 0.717) is 31.7 Å². The monoisotopic (exact) mass is 514 g/mol. The van der Waals surface area contributed by atoms with Crippen LogP contribution in [0.5, 0.6) is 0 Å². The Kier molecular flexibility index (Phi) is 6.63. The van der Waals surface area contributed by atoms with Gasteiger partial charge in [-0.2, -0.15) is 0 Å². The van der Waals surface area contributed by atoms with E-state index in [4.69, 9.17) is 4.98 Å². The highest BCUT2D eigenvalue weighted by molar-refractivity contribution is 5.77. The van der Waals surface area contributed by atoms with Crippen LogP contribution in [0, 0.1) is 12.8 Å². The lowest BCUT2D eigenvalue weighted by Gasteiger charge is -2.39. The fraction of sp³-hybridized carbons (Fsp3) is 0.500. The molecule has 2 saturated heterocycles. The molecule has 2 aromatic carbocycles. The quantitative estimate of drug-likeness (QED) is 0.417. The minimum atomic E-state index is -1.06. The average molecular weight is 515 g/mol. The molecule has 38 heavy (non-hydrogen) atoms. The van der Waals surface area contributed by atoms with E-state index < -0.39 is 11.2 Å². The molecule has 4 heterocycles. The molecule has 2 unspecified atom stereocenters. The van der Waals surface area contributed by atoms with Gasteiger partial charge < -0.3 is 9.47 Å². The van der Waals surface area contributed by atoms with Crippen LogP contribution in [0.1, 0.15) is 62.1 Å². The number of halogens is 1. The van der Waals surface area contributed by atoms with Gasteiger partial charge in [0, 0.05) is 50.6 Å². The van der Waals surface area contributed by atoms with Crippen molar-refractivity contribution in [3.63, 3.8) is 0 Å². The SMILES string of the molecule is Cc1ccc(C2(CCC(=O)N3CCC(CN4CCCC(C)(F)C4)CC3)c3ccccc3-c3nccn32)cc1. The molecule has 3 aliphatic rings. The highest BCUT2D eigenvalue weighted by Crippen LogP contribution is 2.49. The van der Waals surface area contributed by atoms with Crippen molar-refractivity contribution >= 4 is 5.91 Å². The summed E-state index contributed by atoms with van der Waals surface area (Å²) in [6.07, 6.45) is 8.73. The zero-order valence-corrected chi connectivity index (χ0v) is 22.7. The van der Waals surface area contributed by atoms with Crippen molar-refractivity contribution in [2.75, 3.05) is 32.7 Å². The number of hydrogen-bond acceptors (Lipinski definition) is 3. The first-order valence-electron chi connectivity index (χ1n) is 14.3. The van der Waals surface area contributed by atoms with Crippen LogP contribution in [-0.2, 0) is 10.3 Å². The van der Waals surface area contributed by atoms with E-state index in [9.17, 15) is 9.18 Å². The van der Waals surface area contributed by atoms with Crippen LogP contribution in [0.15, 0.2) is 60.9 Å². The normalized spacial score (nSPS) is 25.8. The van der Waals surface area contributed by atoms with Crippen LogP contribution in [0.2, 0.25) is 0 Å². The molecule has 0 aliphatic carbocycles. The predicted octanol–water partition coefficient (Wildman–Crippen LogP) is 5.81. The Bertz CT molecular complexity index is 1290. The summed E-state index contributed by atoms with van der Waals surface area (Å²) in [6.45, 7) is 7.94. The maximum absolute atomic E-state index is 14.5. The number of likely N-dealkylation sites (tertiary alicyclic amines) is 2. The summed E-state index contributed by atoms with van der Waals surface area (Å²) >= 11 is 0. The van der Waals surface area contributed by atoms with Gasteiger partial charge in [-0.15, -0.1) is 0 Å². The first-order chi connectivity index (χ1) is 18.4. The minimum absolute atomic E-state index is 0.232. The smallest absolute Gasteiger partial charge is 0.222 e. The average Bonchev–Trinajstić information content (AvgIpc) is 3.49. The number of aryl methyl sites for hydroxylation is 1. The summed E-state index contributed by atoms with van der Waals surface area (Å²) in [4.78, 5) is 22.6. The number of piperidine rings is 2. The van der Waals surface area contributed by atoms with E-state index >= 15 is 0 Å². The number of fused-ring (bicyclic) bond motifs is 3. The molecule has 0 spiro atoms. The maximum Gasteiger partial charge on any atom is 0.222 e. The molecule has 200 valence electrons. The number of aromatic nitrogens is 2. The second-order valence-electron chi connectivity index (χ2n) is 12.0. The number of carbonyl (C=O) groups excluding carboxylic acids is 1. The van der Waals surface area contributed by atoms with Crippen LogP contribution in [-0.4, -0.2) is 63.7 Å². The molecule has 6 heteroatoms. The van der Waals surface area contributed by atoms with Gasteiger partial charge in [-0.1, -0.05) is 54.1 Å². The van der Waals surface area contributed by atoms with E-state index in [1.165, 1.54) is 16.7 Å². The van der Waals surface area contributed by atoms with Gasteiger partial charge >= 0.3 is 0 Å². The largest absolute Gasteiger partial charge is 0.343 e. The first kappa shape index (κ1) is 25.3. The summed E-state index contributed by atoms with van der Waals surface area (Å²) < 4.78 is 16.8. The maximum atomic E-state index is 14.5. The van der Waals surface area contributed by atoms with Crippen molar-refractivity contribution in [3.05, 3.63) is 77.6 Å². The number of rotatable bonds is 6. The number of alkyl halides is 1. The Morgan fingerprint density at radius 1 is 1.08 bits per heavy atom. The van der Waals surface area contributed by atoms with Gasteiger partial charge in [0.05, 0.1) is 5.54 Å². The summed E-state index contributed by atoms with van der Waals surface area (Å²) in [7, 11) is 0. The molecule has 0 bridgehead atoms. The van der Waals surface area contributed by atoms with Gasteiger partial charge in [-0.3, -0.25) is 9.69 Å². The fourth-order valence-electron chi connectivity index (χ4n) is 7.13. The number of benzene rings is 2. The third-order valence-corrected chi connectivity index (χ3v) is 9.10. The van der Waals surface area contributed by atoms with Crippen LogP contribution in [0.3, 0.4) is 0 Å². The summed E-state index contributed by atoms with van der Waals surface area (Å²) in [5.41, 5.74) is 3.28. The summed E-state index contributed by atoms with van der Waals surface area (Å²) in [5, 5.41) is 0. The summed E-state index contributed by atoms with van der Waals surface area (Å²) in [6, 6.07) is 17.2. The van der Waals surface area contributed by atoms with Crippen LogP contribution in [0.4, 0.5) is 4.39 Å². The van der Waals surface area contributed by atoms with Crippen molar-refractivity contribution in [2.45, 2.75) is 63.6 Å². The molecule has 0 radical (unpaired) electrons. The van der Waals surface area contributed by atoms with Gasteiger partial charge in [-0.25, -0.2) is 9.37 Å². The van der Waals surface area contributed by atoms with Crippen LogP contribution >= 0.6 is 0 Å². The highest BCUT2D eigenvalue weighted by Gasteiger charge is 2.45. The summed E-state index contributed by atoms with van der Waals surface area (Å²) in [5.74, 6) is 1.74. The van der Waals surface area contributed by atoms with Gasteiger partial charge in [0.1, 0.15) is 11.5 Å². The Morgan fingerprint density at radius 2 is 1.84 bits per heavy atom. The van der Waals surface area contributed by atoms with Crippen LogP contribution in [0.25, 0.3) is 11.4 Å². The Hall–Kier alpha value is -2.99. The van der Waals surface area contributed by atoms with Crippen molar-refractivity contribution in [2.24, 2.45) is 5.92 Å². The standard InChI is InChI=1S/C32H39FN4O/c1-24-8-10-26(11-9-24)32(28-7-4-3-6-27(28)30-34-17-21-37(30)32)16-12-29(38)36-19-13-25(14-20-36)22-35-18-5-15-31(2,33)23-35/h3-4,6-11,17,21,25H,5,12-16,18-20,22-23H2,1-2H3. The fourth-order valence-corrected chi connectivity index (χ4v) is 7.13. The lowest BCUT2D eigenvalue weighted by atomic mass is 9.79. The van der Waals surface area contributed by atoms with Crippen molar-refractivity contribution < 1.29 is 9.18 Å². The Morgan fingerprint density at radius 3 is 2.61 bits per heavy atom. The number of carbonyl (C=O) groups is 1. The third-order valence-electron chi connectivity index (χ3n) is 9.10. The zero-order valence-electron chi connectivity index (χ0n) is 22.7. The molecule has 0 N–H and O–H groups in total. The van der Waals surface area contributed by atoms with Crippen molar-refractivity contribution in [1.29, 1.82) is 0 Å². The molecule has 2 fully saturated rings. The topological polar surface area (TPSA) is 41.4 Å². The number of nitrogens with zero attached hydrogens (tertiary/aromatic N) is 4. The van der Waals surface area contributed by atoms with Crippen LogP contribution < -0.4 is 0 Å². The molecule has 6 rings (SSSR count). The second kappa shape index (κ2) is 9.96. The van der Waals surface area contributed by atoms with E-state index in [0.717, 1.165) is 56.8 Å². The highest BCUT2D eigenvalue weighted by atomic mass is 19.1. The molecule has 3 aromatic rings. The molecular formula is C32H39FN4O. The number of imidazole rings is 1. The lowest BCUT2D eigenvalue weighted by Crippen LogP contribution is -2.47. The van der Waals surface area contributed by atoms with Gasteiger partial charge in [-0.05, 0) is 69.5 Å². The third kappa shape index (κ3) is 4.57.